The minimum atomic E-state index is -3.29. The Balaban J connectivity index is 3.06. The summed E-state index contributed by atoms with van der Waals surface area (Å²) < 4.78 is 28.6. The second-order valence-corrected chi connectivity index (χ2v) is 5.63. The highest BCUT2D eigenvalue weighted by molar-refractivity contribution is 7.92. The first kappa shape index (κ1) is 12.0. The van der Waals surface area contributed by atoms with Crippen molar-refractivity contribution >= 4 is 9.84 Å². The molecule has 5 heteroatoms. The molecule has 1 unspecified atom stereocenters. The molecule has 1 atom stereocenters. The van der Waals surface area contributed by atoms with Gasteiger partial charge in [-0.15, -0.1) is 0 Å². The van der Waals surface area contributed by atoms with Gasteiger partial charge < -0.3 is 10.5 Å². The van der Waals surface area contributed by atoms with Crippen LogP contribution < -0.4 is 10.5 Å². The van der Waals surface area contributed by atoms with Gasteiger partial charge in [-0.3, -0.25) is 0 Å². The number of nitrogens with two attached hydrogens (primary N) is 1. The lowest BCUT2D eigenvalue weighted by Crippen LogP contribution is -2.26. The minimum Gasteiger partial charge on any atom is -0.497 e. The Hall–Kier alpha value is -1.07. The van der Waals surface area contributed by atoms with Crippen molar-refractivity contribution in [2.24, 2.45) is 5.73 Å². The number of hydrogen-bond donors (Lipinski definition) is 1. The summed E-state index contributed by atoms with van der Waals surface area (Å²) in [6.45, 7) is 1.72. The van der Waals surface area contributed by atoms with E-state index < -0.39 is 15.1 Å². The Labute approximate surface area is 90.0 Å². The average Bonchev–Trinajstić information content (AvgIpc) is 2.28. The third-order valence-electron chi connectivity index (χ3n) is 2.25. The van der Waals surface area contributed by atoms with Gasteiger partial charge in [0, 0.05) is 6.54 Å². The summed E-state index contributed by atoms with van der Waals surface area (Å²) in [5.41, 5.74) is 5.35. The van der Waals surface area contributed by atoms with Gasteiger partial charge in [-0.1, -0.05) is 0 Å². The van der Waals surface area contributed by atoms with Crippen molar-refractivity contribution in [3.05, 3.63) is 24.3 Å². The summed E-state index contributed by atoms with van der Waals surface area (Å²) in [5.74, 6) is 0.634. The lowest BCUT2D eigenvalue weighted by Gasteiger charge is -2.10. The van der Waals surface area contributed by atoms with Crippen LogP contribution in [0.15, 0.2) is 29.2 Å². The largest absolute Gasteiger partial charge is 0.497 e. The molecular weight excluding hydrogens is 214 g/mol. The van der Waals surface area contributed by atoms with Crippen LogP contribution in [0, 0.1) is 0 Å². The van der Waals surface area contributed by atoms with E-state index in [1.165, 1.54) is 19.2 Å². The highest BCUT2D eigenvalue weighted by Gasteiger charge is 2.21. The Bertz CT molecular complexity index is 411. The molecule has 0 heterocycles. The van der Waals surface area contributed by atoms with E-state index in [1.807, 2.05) is 0 Å². The fourth-order valence-corrected chi connectivity index (χ4v) is 2.36. The summed E-state index contributed by atoms with van der Waals surface area (Å²) in [5, 5.41) is -0.564. The molecule has 0 fully saturated rings. The van der Waals surface area contributed by atoms with Crippen LogP contribution in [0.5, 0.6) is 5.75 Å². The predicted molar refractivity (Wildman–Crippen MR) is 58.7 cm³/mol. The topological polar surface area (TPSA) is 69.4 Å². The van der Waals surface area contributed by atoms with Crippen molar-refractivity contribution in [1.82, 2.24) is 0 Å². The SMILES string of the molecule is COc1ccc(S(=O)(=O)C(C)CN)cc1. The zero-order chi connectivity index (χ0) is 11.5. The minimum absolute atomic E-state index is 0.119. The molecule has 15 heavy (non-hydrogen) atoms. The molecule has 0 aromatic heterocycles. The van der Waals surface area contributed by atoms with Crippen LogP contribution in [-0.4, -0.2) is 27.3 Å². The van der Waals surface area contributed by atoms with E-state index in [1.54, 1.807) is 19.1 Å². The number of hydrogen-bond acceptors (Lipinski definition) is 4. The molecule has 1 rings (SSSR count). The Kier molecular flexibility index (Phi) is 3.71. The number of methoxy groups -OCH3 is 1. The van der Waals surface area contributed by atoms with Crippen LogP contribution in [0.25, 0.3) is 0 Å². The molecule has 0 bridgehead atoms. The first-order valence-electron chi connectivity index (χ1n) is 4.60. The number of sulfone groups is 1. The maximum atomic E-state index is 11.8. The van der Waals surface area contributed by atoms with Gasteiger partial charge in [0.05, 0.1) is 17.3 Å². The van der Waals surface area contributed by atoms with Gasteiger partial charge in [0.2, 0.25) is 0 Å². The van der Waals surface area contributed by atoms with Crippen molar-refractivity contribution in [1.29, 1.82) is 0 Å². The highest BCUT2D eigenvalue weighted by atomic mass is 32.2. The van der Waals surface area contributed by atoms with E-state index in [-0.39, 0.29) is 11.4 Å². The second-order valence-electron chi connectivity index (χ2n) is 3.27. The molecule has 0 spiro atoms. The van der Waals surface area contributed by atoms with E-state index in [2.05, 4.69) is 0 Å². The van der Waals surface area contributed by atoms with Crippen molar-refractivity contribution in [2.75, 3.05) is 13.7 Å². The summed E-state index contributed by atoms with van der Waals surface area (Å²) >= 11 is 0. The Morgan fingerprint density at radius 3 is 2.27 bits per heavy atom. The molecule has 0 aliphatic carbocycles. The predicted octanol–water partition coefficient (Wildman–Crippen LogP) is 0.816. The van der Waals surface area contributed by atoms with E-state index >= 15 is 0 Å². The van der Waals surface area contributed by atoms with Gasteiger partial charge in [-0.05, 0) is 31.2 Å². The third kappa shape index (κ3) is 2.49. The molecule has 0 saturated carbocycles. The smallest absolute Gasteiger partial charge is 0.182 e. The van der Waals surface area contributed by atoms with Gasteiger partial charge in [0.25, 0.3) is 0 Å². The van der Waals surface area contributed by atoms with Gasteiger partial charge in [0.15, 0.2) is 9.84 Å². The van der Waals surface area contributed by atoms with E-state index in [4.69, 9.17) is 10.5 Å². The molecule has 0 aliphatic rings. The monoisotopic (exact) mass is 229 g/mol. The van der Waals surface area contributed by atoms with Crippen molar-refractivity contribution in [3.8, 4) is 5.75 Å². The second kappa shape index (κ2) is 4.63. The molecular formula is C10H15NO3S. The molecule has 2 N–H and O–H groups in total. The zero-order valence-electron chi connectivity index (χ0n) is 8.80. The van der Waals surface area contributed by atoms with Crippen molar-refractivity contribution in [3.63, 3.8) is 0 Å². The van der Waals surface area contributed by atoms with E-state index in [0.29, 0.717) is 5.75 Å². The van der Waals surface area contributed by atoms with E-state index in [9.17, 15) is 8.42 Å². The molecule has 4 nitrogen and oxygen atoms in total. The number of benzene rings is 1. The third-order valence-corrected chi connectivity index (χ3v) is 4.43. The lowest BCUT2D eigenvalue weighted by molar-refractivity contribution is 0.414. The van der Waals surface area contributed by atoms with Crippen molar-refractivity contribution in [2.45, 2.75) is 17.1 Å². The molecule has 0 saturated heterocycles. The number of rotatable bonds is 4. The maximum Gasteiger partial charge on any atom is 0.182 e. The van der Waals surface area contributed by atoms with Crippen LogP contribution in [0.1, 0.15) is 6.92 Å². The number of ether oxygens (including phenoxy) is 1. The summed E-state index contributed by atoms with van der Waals surface area (Å²) in [6.07, 6.45) is 0. The first-order chi connectivity index (χ1) is 7.02. The van der Waals surface area contributed by atoms with Crippen LogP contribution in [0.2, 0.25) is 0 Å². The lowest BCUT2D eigenvalue weighted by atomic mass is 10.3. The van der Waals surface area contributed by atoms with Gasteiger partial charge in [-0.2, -0.15) is 0 Å². The summed E-state index contributed by atoms with van der Waals surface area (Å²) in [7, 11) is -1.76. The van der Waals surface area contributed by atoms with Crippen LogP contribution in [0.3, 0.4) is 0 Å². The van der Waals surface area contributed by atoms with Crippen LogP contribution in [-0.2, 0) is 9.84 Å². The molecule has 84 valence electrons. The first-order valence-corrected chi connectivity index (χ1v) is 6.15. The quantitative estimate of drug-likeness (QED) is 0.829. The summed E-state index contributed by atoms with van der Waals surface area (Å²) in [4.78, 5) is 0.279. The molecule has 0 amide bonds. The molecule has 0 radical (unpaired) electrons. The highest BCUT2D eigenvalue weighted by Crippen LogP contribution is 2.19. The zero-order valence-corrected chi connectivity index (χ0v) is 9.62. The molecule has 1 aromatic carbocycles. The Morgan fingerprint density at radius 1 is 1.33 bits per heavy atom. The molecule has 1 aromatic rings. The molecule has 0 aliphatic heterocycles. The standard InChI is InChI=1S/C10H15NO3S/c1-8(7-11)15(12,13)10-5-3-9(14-2)4-6-10/h3-6,8H,7,11H2,1-2H3. The van der Waals surface area contributed by atoms with Gasteiger partial charge in [-0.25, -0.2) is 8.42 Å². The summed E-state index contributed by atoms with van der Waals surface area (Å²) in [6, 6.07) is 6.30. The van der Waals surface area contributed by atoms with Crippen molar-refractivity contribution < 1.29 is 13.2 Å². The van der Waals surface area contributed by atoms with Gasteiger partial charge in [0.1, 0.15) is 5.75 Å². The fourth-order valence-electron chi connectivity index (χ4n) is 1.12. The normalized spacial score (nSPS) is 13.5. The van der Waals surface area contributed by atoms with Crippen LogP contribution in [0.4, 0.5) is 0 Å². The maximum absolute atomic E-state index is 11.8. The van der Waals surface area contributed by atoms with E-state index in [0.717, 1.165) is 0 Å². The average molecular weight is 229 g/mol. The van der Waals surface area contributed by atoms with Crippen LogP contribution >= 0.6 is 0 Å². The fraction of sp³-hybridized carbons (Fsp3) is 0.400. The van der Waals surface area contributed by atoms with Gasteiger partial charge >= 0.3 is 0 Å². The Morgan fingerprint density at radius 2 is 1.87 bits per heavy atom.